The Morgan fingerprint density at radius 3 is 2.86 bits per heavy atom. The van der Waals surface area contributed by atoms with E-state index in [0.717, 1.165) is 62.5 Å². The second kappa shape index (κ2) is 10.1. The van der Waals surface area contributed by atoms with E-state index in [1.54, 1.807) is 7.05 Å². The van der Waals surface area contributed by atoms with Crippen molar-refractivity contribution < 1.29 is 9.53 Å². The summed E-state index contributed by atoms with van der Waals surface area (Å²) in [6.45, 7) is 3.12. The summed E-state index contributed by atoms with van der Waals surface area (Å²) in [4.78, 5) is 16.2. The topological polar surface area (TPSA) is 92.9 Å². The van der Waals surface area contributed by atoms with Gasteiger partial charge in [0.1, 0.15) is 5.82 Å². The molecule has 0 saturated heterocycles. The molecule has 8 heteroatoms. The highest BCUT2D eigenvalue weighted by Gasteiger charge is 2.27. The lowest BCUT2D eigenvalue weighted by molar-refractivity contribution is -0.149. The van der Waals surface area contributed by atoms with Gasteiger partial charge in [-0.3, -0.25) is 14.2 Å². The largest absolute Gasteiger partial charge is 0.466 e. The van der Waals surface area contributed by atoms with Crippen molar-refractivity contribution in [3.63, 3.8) is 0 Å². The van der Waals surface area contributed by atoms with Crippen LogP contribution in [0.15, 0.2) is 29.4 Å². The maximum absolute atomic E-state index is 11.8. The first-order valence-corrected chi connectivity index (χ1v) is 10.1. The van der Waals surface area contributed by atoms with E-state index in [4.69, 9.17) is 4.74 Å². The van der Waals surface area contributed by atoms with E-state index in [0.29, 0.717) is 12.6 Å². The number of aliphatic imine (C=N–C) groups is 1. The number of ether oxygens (including phenoxy) is 1. The fraction of sp³-hybridized carbons (Fsp3) is 0.600. The molecule has 2 N–H and O–H groups in total. The summed E-state index contributed by atoms with van der Waals surface area (Å²) < 4.78 is 7.16. The Balaban J connectivity index is 1.38. The molecule has 0 unspecified atom stereocenters. The molecule has 1 saturated carbocycles. The number of pyridine rings is 1. The molecule has 8 nitrogen and oxygen atoms in total. The molecule has 2 heterocycles. The third-order valence-corrected chi connectivity index (χ3v) is 5.17. The average Bonchev–Trinajstić information content (AvgIpc) is 3.14. The molecule has 1 fully saturated rings. The van der Waals surface area contributed by atoms with E-state index in [2.05, 4.69) is 25.8 Å². The molecule has 1 aliphatic rings. The minimum atomic E-state index is -0.0514. The van der Waals surface area contributed by atoms with Gasteiger partial charge in [-0.1, -0.05) is 6.07 Å². The van der Waals surface area contributed by atoms with Crippen molar-refractivity contribution in [2.75, 3.05) is 20.2 Å². The van der Waals surface area contributed by atoms with Gasteiger partial charge in [-0.2, -0.15) is 0 Å². The van der Waals surface area contributed by atoms with Crippen LogP contribution in [0.4, 0.5) is 0 Å². The molecule has 0 radical (unpaired) electrons. The summed E-state index contributed by atoms with van der Waals surface area (Å²) >= 11 is 0. The minimum absolute atomic E-state index is 0.0472. The lowest BCUT2D eigenvalue weighted by Crippen LogP contribution is -2.45. The molecule has 1 aliphatic carbocycles. The van der Waals surface area contributed by atoms with Crippen molar-refractivity contribution in [3.8, 4) is 0 Å². The third kappa shape index (κ3) is 5.21. The van der Waals surface area contributed by atoms with Crippen molar-refractivity contribution in [1.29, 1.82) is 0 Å². The monoisotopic (exact) mass is 386 g/mol. The van der Waals surface area contributed by atoms with Gasteiger partial charge in [-0.25, -0.2) is 0 Å². The average molecular weight is 387 g/mol. The van der Waals surface area contributed by atoms with Crippen LogP contribution in [0.3, 0.4) is 0 Å². The summed E-state index contributed by atoms with van der Waals surface area (Å²) in [5, 5.41) is 15.3. The Hall–Kier alpha value is -2.64. The Kier molecular flexibility index (Phi) is 7.22. The number of guanidine groups is 1. The van der Waals surface area contributed by atoms with Crippen LogP contribution in [0.1, 0.15) is 44.9 Å². The van der Waals surface area contributed by atoms with Gasteiger partial charge in [-0.05, 0) is 51.2 Å². The highest BCUT2D eigenvalue weighted by molar-refractivity contribution is 5.80. The zero-order valence-electron chi connectivity index (χ0n) is 16.7. The number of fused-ring (bicyclic) bond motifs is 1. The van der Waals surface area contributed by atoms with Gasteiger partial charge in [-0.15, -0.1) is 10.2 Å². The minimum Gasteiger partial charge on any atom is -0.466 e. The van der Waals surface area contributed by atoms with Gasteiger partial charge >= 0.3 is 5.97 Å². The first-order chi connectivity index (χ1) is 13.7. The SMILES string of the molecule is CCOC(=O)C1CCC(NC(=NC)NCCCc2nnc3ccccn23)CC1. The predicted molar refractivity (Wildman–Crippen MR) is 108 cm³/mol. The maximum atomic E-state index is 11.8. The molecule has 2 aromatic rings. The Morgan fingerprint density at radius 1 is 1.29 bits per heavy atom. The number of carbonyl (C=O) groups is 1. The molecular formula is C20H30N6O2. The van der Waals surface area contributed by atoms with Crippen LogP contribution in [0, 0.1) is 5.92 Å². The third-order valence-electron chi connectivity index (χ3n) is 5.17. The van der Waals surface area contributed by atoms with E-state index >= 15 is 0 Å². The molecule has 0 aromatic carbocycles. The van der Waals surface area contributed by atoms with E-state index in [-0.39, 0.29) is 11.9 Å². The van der Waals surface area contributed by atoms with Crippen LogP contribution in [0.25, 0.3) is 5.65 Å². The van der Waals surface area contributed by atoms with Gasteiger partial charge in [0.05, 0.1) is 12.5 Å². The van der Waals surface area contributed by atoms with Crippen molar-refractivity contribution in [2.24, 2.45) is 10.9 Å². The highest BCUT2D eigenvalue weighted by atomic mass is 16.5. The molecule has 0 amide bonds. The molecule has 0 atom stereocenters. The number of hydrogen-bond acceptors (Lipinski definition) is 5. The molecular weight excluding hydrogens is 356 g/mol. The number of aryl methyl sites for hydroxylation is 1. The van der Waals surface area contributed by atoms with Crippen molar-refractivity contribution >= 4 is 17.6 Å². The van der Waals surface area contributed by atoms with E-state index < -0.39 is 0 Å². The fourth-order valence-electron chi connectivity index (χ4n) is 3.64. The van der Waals surface area contributed by atoms with Crippen molar-refractivity contribution in [1.82, 2.24) is 25.2 Å². The van der Waals surface area contributed by atoms with E-state index in [1.165, 1.54) is 0 Å². The fourth-order valence-corrected chi connectivity index (χ4v) is 3.64. The number of hydrogen-bond donors (Lipinski definition) is 2. The second-order valence-electron chi connectivity index (χ2n) is 7.09. The summed E-state index contributed by atoms with van der Waals surface area (Å²) in [7, 11) is 1.78. The number of rotatable bonds is 7. The normalized spacial score (nSPS) is 20.1. The summed E-state index contributed by atoms with van der Waals surface area (Å²) in [6.07, 6.45) is 7.42. The van der Waals surface area contributed by atoms with Gasteiger partial charge in [0.15, 0.2) is 11.6 Å². The zero-order chi connectivity index (χ0) is 19.8. The van der Waals surface area contributed by atoms with Crippen molar-refractivity contribution in [3.05, 3.63) is 30.2 Å². The van der Waals surface area contributed by atoms with Crippen LogP contribution in [0.5, 0.6) is 0 Å². The lowest BCUT2D eigenvalue weighted by Gasteiger charge is -2.29. The zero-order valence-corrected chi connectivity index (χ0v) is 16.7. The predicted octanol–water partition coefficient (Wildman–Crippen LogP) is 1.95. The number of carbonyl (C=O) groups excluding carboxylic acids is 1. The van der Waals surface area contributed by atoms with Crippen LogP contribution >= 0.6 is 0 Å². The molecule has 2 aromatic heterocycles. The van der Waals surface area contributed by atoms with E-state index in [9.17, 15) is 4.79 Å². The molecule has 3 rings (SSSR count). The molecule has 152 valence electrons. The lowest BCUT2D eigenvalue weighted by atomic mass is 9.86. The van der Waals surface area contributed by atoms with Crippen molar-refractivity contribution in [2.45, 2.75) is 51.5 Å². The Morgan fingerprint density at radius 2 is 2.11 bits per heavy atom. The van der Waals surface area contributed by atoms with Gasteiger partial charge < -0.3 is 15.4 Å². The van der Waals surface area contributed by atoms with E-state index in [1.807, 2.05) is 35.7 Å². The van der Waals surface area contributed by atoms with Crippen LogP contribution < -0.4 is 10.6 Å². The van der Waals surface area contributed by atoms with Crippen LogP contribution in [-0.2, 0) is 16.0 Å². The number of esters is 1. The molecule has 0 aliphatic heterocycles. The smallest absolute Gasteiger partial charge is 0.308 e. The van der Waals surface area contributed by atoms with Gasteiger partial charge in [0.25, 0.3) is 0 Å². The number of aromatic nitrogens is 3. The van der Waals surface area contributed by atoms with Crippen LogP contribution in [0.2, 0.25) is 0 Å². The molecule has 0 spiro atoms. The first-order valence-electron chi connectivity index (χ1n) is 10.1. The first kappa shape index (κ1) is 20.1. The maximum Gasteiger partial charge on any atom is 0.308 e. The summed E-state index contributed by atoms with van der Waals surface area (Å²) in [5.41, 5.74) is 0.876. The highest BCUT2D eigenvalue weighted by Crippen LogP contribution is 2.25. The second-order valence-corrected chi connectivity index (χ2v) is 7.09. The van der Waals surface area contributed by atoms with Crippen LogP contribution in [-0.4, -0.2) is 52.8 Å². The number of nitrogens with zero attached hydrogens (tertiary/aromatic N) is 4. The molecule has 28 heavy (non-hydrogen) atoms. The Bertz CT molecular complexity index is 795. The summed E-state index contributed by atoms with van der Waals surface area (Å²) in [5.74, 6) is 1.78. The standard InChI is InChI=1S/C20H30N6O2/c1-3-28-19(27)15-9-11-16(12-10-15)23-20(21-2)22-13-6-8-18-25-24-17-7-4-5-14-26(17)18/h4-5,7,14-16H,3,6,8-13H2,1-2H3,(H2,21,22,23). The number of nitrogens with one attached hydrogen (secondary N) is 2. The van der Waals surface area contributed by atoms with Gasteiger partial charge in [0, 0.05) is 32.3 Å². The van der Waals surface area contributed by atoms with Gasteiger partial charge in [0.2, 0.25) is 0 Å². The summed E-state index contributed by atoms with van der Waals surface area (Å²) in [6, 6.07) is 6.25. The quantitative estimate of drug-likeness (QED) is 0.327. The Labute approximate surface area is 165 Å². The molecule has 0 bridgehead atoms.